The predicted octanol–water partition coefficient (Wildman–Crippen LogP) is 3.10. The summed E-state index contributed by atoms with van der Waals surface area (Å²) in [4.78, 5) is 21.1. The highest BCUT2D eigenvalue weighted by Crippen LogP contribution is 2.31. The van der Waals surface area contributed by atoms with Crippen molar-refractivity contribution < 1.29 is 19.2 Å². The molecule has 19 heavy (non-hydrogen) atoms. The summed E-state index contributed by atoms with van der Waals surface area (Å²) in [5.41, 5.74) is -0.0597. The van der Waals surface area contributed by atoms with Gasteiger partial charge in [0, 0.05) is 6.07 Å². The van der Waals surface area contributed by atoms with Crippen molar-refractivity contribution >= 4 is 11.7 Å². The summed E-state index contributed by atoms with van der Waals surface area (Å²) in [5.74, 6) is -1.77. The summed E-state index contributed by atoms with van der Waals surface area (Å²) in [7, 11) is 0. The van der Waals surface area contributed by atoms with Gasteiger partial charge in [0.2, 0.25) is 0 Å². The van der Waals surface area contributed by atoms with Crippen LogP contribution in [0.15, 0.2) is 42.5 Å². The zero-order chi connectivity index (χ0) is 14.0. The summed E-state index contributed by atoms with van der Waals surface area (Å²) in [6.07, 6.45) is 0. The molecule has 0 aliphatic rings. The number of rotatable bonds is 3. The average Bonchev–Trinajstić information content (AvgIpc) is 2.37. The minimum Gasteiger partial charge on any atom is -0.478 e. The van der Waals surface area contributed by atoms with Crippen LogP contribution in [0.4, 0.5) is 10.1 Å². The average molecular weight is 261 g/mol. The first-order valence-electron chi connectivity index (χ1n) is 5.26. The lowest BCUT2D eigenvalue weighted by Crippen LogP contribution is -1.99. The third-order valence-corrected chi connectivity index (χ3v) is 2.58. The van der Waals surface area contributed by atoms with E-state index < -0.39 is 16.7 Å². The molecule has 6 heteroatoms. The maximum Gasteiger partial charge on any atom is 0.335 e. The van der Waals surface area contributed by atoms with Crippen molar-refractivity contribution in [3.8, 4) is 11.1 Å². The SMILES string of the molecule is O=C(O)c1ccc(-c2cccc(F)c2)c([N+](=O)[O-])c1. The first-order valence-corrected chi connectivity index (χ1v) is 5.26. The number of nitrogens with zero attached hydrogens (tertiary/aromatic N) is 1. The topological polar surface area (TPSA) is 80.4 Å². The van der Waals surface area contributed by atoms with E-state index in [-0.39, 0.29) is 16.8 Å². The van der Waals surface area contributed by atoms with Gasteiger partial charge in [-0.05, 0) is 29.8 Å². The Morgan fingerprint density at radius 1 is 1.21 bits per heavy atom. The Balaban J connectivity index is 2.63. The first-order chi connectivity index (χ1) is 8.99. The van der Waals surface area contributed by atoms with E-state index in [0.29, 0.717) is 5.56 Å². The summed E-state index contributed by atoms with van der Waals surface area (Å²) >= 11 is 0. The second kappa shape index (κ2) is 4.85. The Labute approximate surface area is 107 Å². The number of halogens is 1. The fourth-order valence-corrected chi connectivity index (χ4v) is 1.72. The van der Waals surface area contributed by atoms with Crippen LogP contribution in [0.5, 0.6) is 0 Å². The molecule has 0 atom stereocenters. The van der Waals surface area contributed by atoms with Gasteiger partial charge in [0.05, 0.1) is 16.1 Å². The molecule has 0 amide bonds. The van der Waals surface area contributed by atoms with Crippen LogP contribution in [0.3, 0.4) is 0 Å². The summed E-state index contributed by atoms with van der Waals surface area (Å²) in [6, 6.07) is 8.84. The zero-order valence-corrected chi connectivity index (χ0v) is 9.54. The molecule has 0 saturated carbocycles. The van der Waals surface area contributed by atoms with Gasteiger partial charge in [0.15, 0.2) is 0 Å². The van der Waals surface area contributed by atoms with Crippen LogP contribution in [-0.2, 0) is 0 Å². The van der Waals surface area contributed by atoms with Gasteiger partial charge in [0.1, 0.15) is 5.82 Å². The summed E-state index contributed by atoms with van der Waals surface area (Å²) in [5, 5.41) is 19.8. The standard InChI is InChI=1S/C13H8FNO4/c14-10-3-1-2-8(6-10)11-5-4-9(13(16)17)7-12(11)15(18)19/h1-7H,(H,16,17). The fourth-order valence-electron chi connectivity index (χ4n) is 1.72. The quantitative estimate of drug-likeness (QED) is 0.680. The molecule has 0 unspecified atom stereocenters. The van der Waals surface area contributed by atoms with Crippen molar-refractivity contribution in [2.45, 2.75) is 0 Å². The lowest BCUT2D eigenvalue weighted by Gasteiger charge is -2.04. The number of carboxylic acid groups (broad SMARTS) is 1. The van der Waals surface area contributed by atoms with Crippen molar-refractivity contribution in [1.82, 2.24) is 0 Å². The molecule has 5 nitrogen and oxygen atoms in total. The second-order valence-corrected chi connectivity index (χ2v) is 3.80. The molecular formula is C13H8FNO4. The van der Waals surface area contributed by atoms with Crippen LogP contribution in [0.2, 0.25) is 0 Å². The van der Waals surface area contributed by atoms with Gasteiger partial charge < -0.3 is 5.11 Å². The molecule has 2 aromatic rings. The highest BCUT2D eigenvalue weighted by molar-refractivity contribution is 5.90. The largest absolute Gasteiger partial charge is 0.478 e. The van der Waals surface area contributed by atoms with Crippen LogP contribution in [0, 0.1) is 15.9 Å². The number of carboxylic acids is 1. The third-order valence-electron chi connectivity index (χ3n) is 2.58. The Bertz CT molecular complexity index is 669. The maximum absolute atomic E-state index is 13.1. The van der Waals surface area contributed by atoms with Gasteiger partial charge in [0.25, 0.3) is 5.69 Å². The Hall–Kier alpha value is -2.76. The summed E-state index contributed by atoms with van der Waals surface area (Å²) < 4.78 is 13.1. The minimum absolute atomic E-state index is 0.175. The number of nitro groups is 1. The van der Waals surface area contributed by atoms with Crippen LogP contribution >= 0.6 is 0 Å². The van der Waals surface area contributed by atoms with Gasteiger partial charge in [-0.2, -0.15) is 0 Å². The highest BCUT2D eigenvalue weighted by atomic mass is 19.1. The monoisotopic (exact) mass is 261 g/mol. The molecule has 96 valence electrons. The molecule has 0 aromatic heterocycles. The normalized spacial score (nSPS) is 10.2. The molecule has 0 saturated heterocycles. The predicted molar refractivity (Wildman–Crippen MR) is 65.4 cm³/mol. The van der Waals surface area contributed by atoms with Crippen molar-refractivity contribution in [1.29, 1.82) is 0 Å². The summed E-state index contributed by atoms with van der Waals surface area (Å²) in [6.45, 7) is 0. The molecule has 0 fully saturated rings. The molecule has 0 bridgehead atoms. The molecular weight excluding hydrogens is 253 g/mol. The van der Waals surface area contributed by atoms with Crippen molar-refractivity contribution in [3.63, 3.8) is 0 Å². The van der Waals surface area contributed by atoms with Crippen LogP contribution in [0.1, 0.15) is 10.4 Å². The molecule has 0 heterocycles. The Morgan fingerprint density at radius 2 is 1.95 bits per heavy atom. The van der Waals surface area contributed by atoms with Gasteiger partial charge in [-0.15, -0.1) is 0 Å². The van der Waals surface area contributed by atoms with E-state index >= 15 is 0 Å². The number of nitro benzene ring substituents is 1. The van der Waals surface area contributed by atoms with E-state index in [1.165, 1.54) is 30.3 Å². The minimum atomic E-state index is -1.26. The second-order valence-electron chi connectivity index (χ2n) is 3.80. The van der Waals surface area contributed by atoms with E-state index in [9.17, 15) is 19.3 Å². The van der Waals surface area contributed by atoms with E-state index in [1.54, 1.807) is 0 Å². The lowest BCUT2D eigenvalue weighted by atomic mass is 10.0. The maximum atomic E-state index is 13.1. The molecule has 1 N–H and O–H groups in total. The molecule has 0 aliphatic carbocycles. The third kappa shape index (κ3) is 2.57. The number of hydrogen-bond donors (Lipinski definition) is 1. The first kappa shape index (κ1) is 12.7. The highest BCUT2D eigenvalue weighted by Gasteiger charge is 2.18. The molecule has 2 rings (SSSR count). The van der Waals surface area contributed by atoms with E-state index in [4.69, 9.17) is 5.11 Å². The van der Waals surface area contributed by atoms with Gasteiger partial charge in [-0.25, -0.2) is 9.18 Å². The van der Waals surface area contributed by atoms with Gasteiger partial charge in [-0.1, -0.05) is 12.1 Å². The fraction of sp³-hybridized carbons (Fsp3) is 0. The molecule has 0 spiro atoms. The number of benzene rings is 2. The van der Waals surface area contributed by atoms with E-state index in [1.807, 2.05) is 0 Å². The Morgan fingerprint density at radius 3 is 2.53 bits per heavy atom. The smallest absolute Gasteiger partial charge is 0.335 e. The van der Waals surface area contributed by atoms with Crippen LogP contribution in [-0.4, -0.2) is 16.0 Å². The lowest BCUT2D eigenvalue weighted by molar-refractivity contribution is -0.384. The number of aromatic carboxylic acids is 1. The van der Waals surface area contributed by atoms with Crippen LogP contribution in [0.25, 0.3) is 11.1 Å². The number of hydrogen-bond acceptors (Lipinski definition) is 3. The molecule has 0 radical (unpaired) electrons. The van der Waals surface area contributed by atoms with Crippen molar-refractivity contribution in [2.24, 2.45) is 0 Å². The van der Waals surface area contributed by atoms with Crippen molar-refractivity contribution in [2.75, 3.05) is 0 Å². The molecule has 0 aliphatic heterocycles. The van der Waals surface area contributed by atoms with Gasteiger partial charge >= 0.3 is 5.97 Å². The van der Waals surface area contributed by atoms with Gasteiger partial charge in [-0.3, -0.25) is 10.1 Å². The number of carbonyl (C=O) groups is 1. The molecule has 2 aromatic carbocycles. The van der Waals surface area contributed by atoms with Crippen molar-refractivity contribution in [3.05, 3.63) is 64.0 Å². The Kier molecular flexibility index (Phi) is 3.24. The van der Waals surface area contributed by atoms with E-state index in [2.05, 4.69) is 0 Å². The van der Waals surface area contributed by atoms with Crippen LogP contribution < -0.4 is 0 Å². The zero-order valence-electron chi connectivity index (χ0n) is 9.54. The van der Waals surface area contributed by atoms with E-state index in [0.717, 1.165) is 12.1 Å².